The number of sulfonamides is 1. The summed E-state index contributed by atoms with van der Waals surface area (Å²) in [7, 11) is -2.27. The van der Waals surface area contributed by atoms with Crippen molar-refractivity contribution in [2.75, 3.05) is 37.6 Å². The number of anilines is 1. The first-order valence-electron chi connectivity index (χ1n) is 10.5. The Morgan fingerprint density at radius 1 is 0.933 bits per heavy atom. The molecule has 2 aromatic rings. The fourth-order valence-electron chi connectivity index (χ4n) is 3.40. The van der Waals surface area contributed by atoms with Gasteiger partial charge in [0, 0.05) is 6.54 Å². The predicted molar refractivity (Wildman–Crippen MR) is 122 cm³/mol. The van der Waals surface area contributed by atoms with Gasteiger partial charge in [-0.1, -0.05) is 31.5 Å². The minimum atomic E-state index is -3.83. The van der Waals surface area contributed by atoms with Crippen molar-refractivity contribution in [2.24, 2.45) is 0 Å². The van der Waals surface area contributed by atoms with E-state index in [0.717, 1.165) is 31.5 Å². The molecule has 0 amide bonds. The molecule has 0 radical (unpaired) electrons. The molecule has 0 aliphatic carbocycles. The molecule has 2 rings (SSSR count). The second-order valence-electron chi connectivity index (χ2n) is 7.50. The van der Waals surface area contributed by atoms with Crippen LogP contribution in [0.2, 0.25) is 0 Å². The number of ether oxygens (including phenoxy) is 1. The molecule has 1 unspecified atom stereocenters. The first-order valence-corrected chi connectivity index (χ1v) is 11.9. The SMILES string of the molecule is CCCN(CCC)CC(O)CN(c1ccc(OC)cc1)S(=O)(=O)c1ccc(C)cc1. The molecule has 0 bridgehead atoms. The number of aliphatic hydroxyl groups is 1. The molecule has 0 heterocycles. The molecule has 0 aromatic heterocycles. The number of aliphatic hydroxyl groups excluding tert-OH is 1. The number of methoxy groups -OCH3 is 1. The van der Waals surface area contributed by atoms with E-state index in [0.29, 0.717) is 18.0 Å². The third-order valence-electron chi connectivity index (χ3n) is 4.89. The standard InChI is InChI=1S/C23H34N2O4S/c1-5-15-24(16-6-2)17-21(26)18-25(20-9-11-22(29-4)12-10-20)30(27,28)23-13-7-19(3)8-14-23/h7-14,21,26H,5-6,15-18H2,1-4H3. The Morgan fingerprint density at radius 2 is 1.50 bits per heavy atom. The third kappa shape index (κ3) is 6.45. The Bertz CT molecular complexity index is 861. The van der Waals surface area contributed by atoms with Crippen LogP contribution in [0.3, 0.4) is 0 Å². The van der Waals surface area contributed by atoms with Crippen LogP contribution in [-0.2, 0) is 10.0 Å². The molecule has 0 saturated carbocycles. The smallest absolute Gasteiger partial charge is 0.264 e. The second-order valence-corrected chi connectivity index (χ2v) is 9.36. The van der Waals surface area contributed by atoms with Gasteiger partial charge in [0.25, 0.3) is 10.0 Å². The van der Waals surface area contributed by atoms with Crippen molar-refractivity contribution in [1.82, 2.24) is 4.90 Å². The average Bonchev–Trinajstić information content (AvgIpc) is 2.73. The lowest BCUT2D eigenvalue weighted by Gasteiger charge is -2.30. The number of aryl methyl sites for hydroxylation is 1. The van der Waals surface area contributed by atoms with Crippen molar-refractivity contribution < 1.29 is 18.3 Å². The molecule has 7 heteroatoms. The summed E-state index contributed by atoms with van der Waals surface area (Å²) in [6, 6.07) is 13.6. The van der Waals surface area contributed by atoms with Crippen LogP contribution < -0.4 is 9.04 Å². The van der Waals surface area contributed by atoms with E-state index in [4.69, 9.17) is 4.74 Å². The molecule has 2 aromatic carbocycles. The van der Waals surface area contributed by atoms with Crippen LogP contribution in [0.5, 0.6) is 5.75 Å². The second kappa shape index (κ2) is 11.3. The maximum absolute atomic E-state index is 13.4. The zero-order chi connectivity index (χ0) is 22.1. The molecule has 0 aliphatic heterocycles. The largest absolute Gasteiger partial charge is 0.497 e. The Morgan fingerprint density at radius 3 is 2.00 bits per heavy atom. The quantitative estimate of drug-likeness (QED) is 0.552. The van der Waals surface area contributed by atoms with Gasteiger partial charge in [0.1, 0.15) is 5.75 Å². The summed E-state index contributed by atoms with van der Waals surface area (Å²) in [5.41, 5.74) is 1.48. The van der Waals surface area contributed by atoms with E-state index in [2.05, 4.69) is 18.7 Å². The monoisotopic (exact) mass is 434 g/mol. The number of rotatable bonds is 12. The van der Waals surface area contributed by atoms with Crippen molar-refractivity contribution in [2.45, 2.75) is 44.6 Å². The normalized spacial score (nSPS) is 12.7. The Labute approximate surface area is 181 Å². The van der Waals surface area contributed by atoms with Crippen LogP contribution in [0, 0.1) is 6.92 Å². The van der Waals surface area contributed by atoms with E-state index in [9.17, 15) is 13.5 Å². The first-order chi connectivity index (χ1) is 14.3. The highest BCUT2D eigenvalue weighted by atomic mass is 32.2. The summed E-state index contributed by atoms with van der Waals surface area (Å²) in [4.78, 5) is 2.38. The Kier molecular flexibility index (Phi) is 9.14. The summed E-state index contributed by atoms with van der Waals surface area (Å²) in [6.45, 7) is 8.26. The molecule has 1 N–H and O–H groups in total. The van der Waals surface area contributed by atoms with Gasteiger partial charge < -0.3 is 14.7 Å². The minimum Gasteiger partial charge on any atom is -0.497 e. The van der Waals surface area contributed by atoms with Gasteiger partial charge in [-0.05, 0) is 69.3 Å². The van der Waals surface area contributed by atoms with Gasteiger partial charge >= 0.3 is 0 Å². The molecule has 1 atom stereocenters. The number of nitrogens with zero attached hydrogens (tertiary/aromatic N) is 2. The van der Waals surface area contributed by atoms with Gasteiger partial charge in [0.05, 0.1) is 30.3 Å². The van der Waals surface area contributed by atoms with E-state index in [1.165, 1.54) is 4.31 Å². The maximum atomic E-state index is 13.4. The fourth-order valence-corrected chi connectivity index (χ4v) is 4.90. The maximum Gasteiger partial charge on any atom is 0.264 e. The lowest BCUT2D eigenvalue weighted by Crippen LogP contribution is -2.43. The molecule has 0 aliphatic rings. The zero-order valence-corrected chi connectivity index (χ0v) is 19.2. The van der Waals surface area contributed by atoms with Crippen molar-refractivity contribution in [3.05, 3.63) is 54.1 Å². The highest BCUT2D eigenvalue weighted by molar-refractivity contribution is 7.92. The van der Waals surface area contributed by atoms with Crippen molar-refractivity contribution in [3.8, 4) is 5.75 Å². The summed E-state index contributed by atoms with van der Waals surface area (Å²) < 4.78 is 33.4. The molecule has 0 saturated heterocycles. The third-order valence-corrected chi connectivity index (χ3v) is 6.70. The fraction of sp³-hybridized carbons (Fsp3) is 0.478. The molecule has 30 heavy (non-hydrogen) atoms. The van der Waals surface area contributed by atoms with Gasteiger partial charge in [0.15, 0.2) is 0 Å². The van der Waals surface area contributed by atoms with E-state index < -0.39 is 16.1 Å². The van der Waals surface area contributed by atoms with Crippen molar-refractivity contribution in [3.63, 3.8) is 0 Å². The van der Waals surface area contributed by atoms with Gasteiger partial charge in [-0.3, -0.25) is 4.31 Å². The highest BCUT2D eigenvalue weighted by Crippen LogP contribution is 2.26. The van der Waals surface area contributed by atoms with Gasteiger partial charge in [-0.2, -0.15) is 0 Å². The van der Waals surface area contributed by atoms with Crippen LogP contribution in [0.4, 0.5) is 5.69 Å². The molecular formula is C23H34N2O4S. The van der Waals surface area contributed by atoms with Gasteiger partial charge in [-0.15, -0.1) is 0 Å². The van der Waals surface area contributed by atoms with Crippen LogP contribution in [0.15, 0.2) is 53.4 Å². The number of benzene rings is 2. The van der Waals surface area contributed by atoms with Crippen LogP contribution in [-0.4, -0.2) is 57.8 Å². The van der Waals surface area contributed by atoms with E-state index in [1.807, 2.05) is 6.92 Å². The van der Waals surface area contributed by atoms with Crippen LogP contribution >= 0.6 is 0 Å². The van der Waals surface area contributed by atoms with E-state index >= 15 is 0 Å². The molecular weight excluding hydrogens is 400 g/mol. The number of hydrogen-bond donors (Lipinski definition) is 1. The van der Waals surface area contributed by atoms with Gasteiger partial charge in [-0.25, -0.2) is 8.42 Å². The number of hydrogen-bond acceptors (Lipinski definition) is 5. The minimum absolute atomic E-state index is 0.0214. The van der Waals surface area contributed by atoms with E-state index in [-0.39, 0.29) is 11.4 Å². The Balaban J connectivity index is 2.34. The topological polar surface area (TPSA) is 70.1 Å². The highest BCUT2D eigenvalue weighted by Gasteiger charge is 2.28. The Hall–Kier alpha value is -2.09. The average molecular weight is 435 g/mol. The van der Waals surface area contributed by atoms with E-state index in [1.54, 1.807) is 55.6 Å². The first kappa shape index (κ1) is 24.2. The summed E-state index contributed by atoms with van der Waals surface area (Å²) >= 11 is 0. The van der Waals surface area contributed by atoms with Gasteiger partial charge in [0.2, 0.25) is 0 Å². The summed E-state index contributed by atoms with van der Waals surface area (Å²) in [5.74, 6) is 0.643. The predicted octanol–water partition coefficient (Wildman–Crippen LogP) is 3.68. The van der Waals surface area contributed by atoms with Crippen LogP contribution in [0.25, 0.3) is 0 Å². The molecule has 0 spiro atoms. The molecule has 6 nitrogen and oxygen atoms in total. The lowest BCUT2D eigenvalue weighted by atomic mass is 10.2. The van der Waals surface area contributed by atoms with Crippen molar-refractivity contribution in [1.29, 1.82) is 0 Å². The summed E-state index contributed by atoms with van der Waals surface area (Å²) in [6.07, 6.45) is 1.15. The molecule has 166 valence electrons. The zero-order valence-electron chi connectivity index (χ0n) is 18.4. The lowest BCUT2D eigenvalue weighted by molar-refractivity contribution is 0.119. The summed E-state index contributed by atoms with van der Waals surface area (Å²) in [5, 5.41) is 10.8. The molecule has 0 fully saturated rings. The van der Waals surface area contributed by atoms with Crippen molar-refractivity contribution >= 4 is 15.7 Å². The van der Waals surface area contributed by atoms with Crippen LogP contribution in [0.1, 0.15) is 32.3 Å².